The molecule has 0 fully saturated rings. The van der Waals surface area contributed by atoms with Gasteiger partial charge in [-0.2, -0.15) is 0 Å². The first kappa shape index (κ1) is 6.33. The van der Waals surface area contributed by atoms with Crippen molar-refractivity contribution in [3.63, 3.8) is 0 Å². The highest BCUT2D eigenvalue weighted by Crippen LogP contribution is 1.97. The van der Waals surface area contributed by atoms with Gasteiger partial charge in [-0.3, -0.25) is 4.79 Å². The monoisotopic (exact) mass is 144 g/mol. The van der Waals surface area contributed by atoms with Gasteiger partial charge in [0, 0.05) is 0 Å². The molecular weight excluding hydrogens is 144 g/mol. The molecule has 0 saturated carbocycles. The highest BCUT2D eigenvalue weighted by molar-refractivity contribution is 6.62. The van der Waals surface area contributed by atoms with Crippen LogP contribution in [0.4, 0.5) is 0 Å². The lowest BCUT2D eigenvalue weighted by Gasteiger charge is -1.82. The SMILES string of the molecule is O=C1ON=C([N+](=O)[O-])C1=O. The summed E-state index contributed by atoms with van der Waals surface area (Å²) in [4.78, 5) is 32.8. The van der Waals surface area contributed by atoms with Gasteiger partial charge in [0.25, 0.3) is 0 Å². The summed E-state index contributed by atoms with van der Waals surface area (Å²) in [7, 11) is 0. The number of hydrogen-bond acceptors (Lipinski definition) is 6. The summed E-state index contributed by atoms with van der Waals surface area (Å²) in [5.41, 5.74) is 0. The summed E-state index contributed by atoms with van der Waals surface area (Å²) in [6, 6.07) is 0. The van der Waals surface area contributed by atoms with Crippen molar-refractivity contribution in [3.05, 3.63) is 10.1 Å². The molecule has 0 aliphatic carbocycles. The Labute approximate surface area is 53.4 Å². The van der Waals surface area contributed by atoms with Gasteiger partial charge in [-0.15, -0.1) is 0 Å². The molecule has 0 radical (unpaired) electrons. The average Bonchev–Trinajstić information content (AvgIpc) is 2.14. The molecule has 0 spiro atoms. The molecule has 1 heterocycles. The van der Waals surface area contributed by atoms with E-state index in [0.29, 0.717) is 0 Å². The third-order valence-corrected chi connectivity index (χ3v) is 0.776. The number of amidine groups is 1. The van der Waals surface area contributed by atoms with Gasteiger partial charge < -0.3 is 10.1 Å². The third-order valence-electron chi connectivity index (χ3n) is 0.776. The fraction of sp³-hybridized carbons (Fsp3) is 0. The van der Waals surface area contributed by atoms with E-state index in [2.05, 4.69) is 9.99 Å². The minimum absolute atomic E-state index is 1.06. The third kappa shape index (κ3) is 0.729. The first-order valence-electron chi connectivity index (χ1n) is 2.11. The van der Waals surface area contributed by atoms with Crippen LogP contribution >= 0.6 is 0 Å². The van der Waals surface area contributed by atoms with Gasteiger partial charge in [-0.05, 0) is 4.92 Å². The Morgan fingerprint density at radius 1 is 1.50 bits per heavy atom. The van der Waals surface area contributed by atoms with Gasteiger partial charge in [0.15, 0.2) is 5.16 Å². The molecule has 0 saturated heterocycles. The molecule has 0 atom stereocenters. The van der Waals surface area contributed by atoms with Crippen LogP contribution in [-0.4, -0.2) is 22.5 Å². The second-order valence-electron chi connectivity index (χ2n) is 1.38. The molecule has 7 heteroatoms. The fourth-order valence-electron chi connectivity index (χ4n) is 0.375. The van der Waals surface area contributed by atoms with E-state index in [1.165, 1.54) is 0 Å². The van der Waals surface area contributed by atoms with Crippen LogP contribution in [0.3, 0.4) is 0 Å². The van der Waals surface area contributed by atoms with Crippen LogP contribution in [0, 0.1) is 10.1 Å². The van der Waals surface area contributed by atoms with Gasteiger partial charge in [0.05, 0.1) is 0 Å². The highest BCUT2D eigenvalue weighted by atomic mass is 16.7. The predicted molar refractivity (Wildman–Crippen MR) is 25.5 cm³/mol. The maximum absolute atomic E-state index is 10.3. The zero-order valence-electron chi connectivity index (χ0n) is 4.44. The van der Waals surface area contributed by atoms with Crippen molar-refractivity contribution < 1.29 is 19.3 Å². The summed E-state index contributed by atoms with van der Waals surface area (Å²) in [5.74, 6) is -3.69. The van der Waals surface area contributed by atoms with E-state index in [-0.39, 0.29) is 0 Å². The van der Waals surface area contributed by atoms with Crippen molar-refractivity contribution in [1.82, 2.24) is 0 Å². The lowest BCUT2D eigenvalue weighted by atomic mass is 10.4. The lowest BCUT2D eigenvalue weighted by molar-refractivity contribution is -0.349. The van der Waals surface area contributed by atoms with E-state index in [4.69, 9.17) is 0 Å². The Hall–Kier alpha value is -1.79. The number of nitrogens with zero attached hydrogens (tertiary/aromatic N) is 2. The van der Waals surface area contributed by atoms with Crippen LogP contribution in [0.25, 0.3) is 0 Å². The van der Waals surface area contributed by atoms with E-state index in [1.54, 1.807) is 0 Å². The smallest absolute Gasteiger partial charge is 0.358 e. The second kappa shape index (κ2) is 1.87. The molecule has 1 aliphatic heterocycles. The standard InChI is InChI=1S/C3N2O5/c6-1-2(5(8)9)4-10-3(1)7. The minimum atomic E-state index is -1.31. The predicted octanol–water partition coefficient (Wildman–Crippen LogP) is -1.30. The van der Waals surface area contributed by atoms with Crippen LogP contribution in [-0.2, 0) is 14.4 Å². The molecular formula is C3N2O5. The summed E-state index contributed by atoms with van der Waals surface area (Å²) < 4.78 is 0. The van der Waals surface area contributed by atoms with E-state index in [1.807, 2.05) is 0 Å². The summed E-state index contributed by atoms with van der Waals surface area (Å²) in [6.07, 6.45) is 0. The Kier molecular flexibility index (Phi) is 1.18. The Morgan fingerprint density at radius 2 is 2.10 bits per heavy atom. The van der Waals surface area contributed by atoms with Crippen molar-refractivity contribution in [2.75, 3.05) is 0 Å². The maximum atomic E-state index is 10.3. The first-order chi connectivity index (χ1) is 4.63. The molecule has 0 aromatic rings. The van der Waals surface area contributed by atoms with Crippen LogP contribution in [0.5, 0.6) is 0 Å². The van der Waals surface area contributed by atoms with E-state index >= 15 is 0 Å². The quantitative estimate of drug-likeness (QED) is 0.182. The van der Waals surface area contributed by atoms with Crippen LogP contribution in [0.1, 0.15) is 0 Å². The molecule has 0 unspecified atom stereocenters. The molecule has 0 bridgehead atoms. The van der Waals surface area contributed by atoms with Gasteiger partial charge >= 0.3 is 17.6 Å². The number of nitro groups is 1. The van der Waals surface area contributed by atoms with E-state index < -0.39 is 22.5 Å². The number of carbonyl (C=O) groups is 2. The molecule has 7 nitrogen and oxygen atoms in total. The van der Waals surface area contributed by atoms with E-state index in [9.17, 15) is 19.7 Å². The van der Waals surface area contributed by atoms with Crippen LogP contribution in [0.15, 0.2) is 5.16 Å². The van der Waals surface area contributed by atoms with Gasteiger partial charge in [0.2, 0.25) is 0 Å². The Morgan fingerprint density at radius 3 is 2.30 bits per heavy atom. The number of carbonyl (C=O) groups excluding carboxylic acids is 2. The number of oxime groups is 1. The van der Waals surface area contributed by atoms with Gasteiger partial charge in [-0.1, -0.05) is 0 Å². The molecule has 0 aromatic heterocycles. The fourth-order valence-corrected chi connectivity index (χ4v) is 0.375. The summed E-state index contributed by atoms with van der Waals surface area (Å²) in [6.45, 7) is 0. The lowest BCUT2D eigenvalue weighted by Crippen LogP contribution is -2.23. The normalized spacial score (nSPS) is 16.6. The molecule has 10 heavy (non-hydrogen) atoms. The topological polar surface area (TPSA) is 98.9 Å². The number of hydrogen-bond donors (Lipinski definition) is 0. The first-order valence-corrected chi connectivity index (χ1v) is 2.11. The van der Waals surface area contributed by atoms with Crippen LogP contribution < -0.4 is 0 Å². The Bertz CT molecular complexity index is 254. The van der Waals surface area contributed by atoms with Gasteiger partial charge in [-0.25, -0.2) is 9.63 Å². The second-order valence-corrected chi connectivity index (χ2v) is 1.38. The summed E-state index contributed by atoms with van der Waals surface area (Å²) >= 11 is 0. The molecule has 0 amide bonds. The molecule has 0 N–H and O–H groups in total. The minimum Gasteiger partial charge on any atom is -0.358 e. The number of Topliss-reactive ketones (excluding diaryl/α,β-unsaturated/α-hetero) is 1. The molecule has 52 valence electrons. The molecule has 1 rings (SSSR count). The molecule has 1 aliphatic rings. The Balaban J connectivity index is 2.92. The zero-order chi connectivity index (χ0) is 7.72. The van der Waals surface area contributed by atoms with Crippen molar-refractivity contribution >= 4 is 17.6 Å². The molecule has 0 aromatic carbocycles. The number of ketones is 1. The van der Waals surface area contributed by atoms with Crippen molar-refractivity contribution in [3.8, 4) is 0 Å². The van der Waals surface area contributed by atoms with Crippen molar-refractivity contribution in [2.24, 2.45) is 5.16 Å². The largest absolute Gasteiger partial charge is 0.465 e. The van der Waals surface area contributed by atoms with E-state index in [0.717, 1.165) is 0 Å². The summed E-state index contributed by atoms with van der Waals surface area (Å²) in [5, 5.41) is 12.4. The van der Waals surface area contributed by atoms with Gasteiger partial charge in [0.1, 0.15) is 0 Å². The van der Waals surface area contributed by atoms with Crippen LogP contribution in [0.2, 0.25) is 0 Å². The highest BCUT2D eigenvalue weighted by Gasteiger charge is 2.41. The zero-order valence-corrected chi connectivity index (χ0v) is 4.44. The number of rotatable bonds is 0. The maximum Gasteiger partial charge on any atom is 0.465 e. The average molecular weight is 144 g/mol. The van der Waals surface area contributed by atoms with Crippen molar-refractivity contribution in [1.29, 1.82) is 0 Å². The van der Waals surface area contributed by atoms with Crippen molar-refractivity contribution in [2.45, 2.75) is 0 Å².